The van der Waals surface area contributed by atoms with Crippen LogP contribution in [0.5, 0.6) is 0 Å². The molecule has 2 aromatic rings. The molecule has 120 valence electrons. The minimum Gasteiger partial charge on any atom is -0.380 e. The third-order valence-corrected chi connectivity index (χ3v) is 3.76. The van der Waals surface area contributed by atoms with Crippen molar-refractivity contribution in [3.8, 4) is 0 Å². The minimum absolute atomic E-state index is 0.139. The summed E-state index contributed by atoms with van der Waals surface area (Å²) in [6.45, 7) is 2.02. The highest BCUT2D eigenvalue weighted by Crippen LogP contribution is 2.11. The van der Waals surface area contributed by atoms with Crippen LogP contribution >= 0.6 is 0 Å². The summed E-state index contributed by atoms with van der Waals surface area (Å²) in [6, 6.07) is 7.48. The Bertz CT molecular complexity index is 625. The second-order valence-corrected chi connectivity index (χ2v) is 5.49. The fraction of sp³-hybridized carbons (Fsp3) is 0.353. The van der Waals surface area contributed by atoms with Gasteiger partial charge < -0.3 is 15.4 Å². The van der Waals surface area contributed by atoms with Crippen LogP contribution in [0.4, 0.5) is 5.69 Å². The summed E-state index contributed by atoms with van der Waals surface area (Å²) >= 11 is 0. The number of anilines is 1. The number of hydrogen-bond acceptors (Lipinski definition) is 5. The van der Waals surface area contributed by atoms with Crippen molar-refractivity contribution in [2.75, 3.05) is 18.5 Å². The SMILES string of the molecule is O=C(NCC1CCCO1)c1ccc(NCc2ccncc2)cn1. The third kappa shape index (κ3) is 4.50. The first kappa shape index (κ1) is 15.4. The van der Waals surface area contributed by atoms with E-state index in [1.165, 1.54) is 0 Å². The van der Waals surface area contributed by atoms with Crippen LogP contribution in [0, 0.1) is 0 Å². The molecule has 1 unspecified atom stereocenters. The second kappa shape index (κ2) is 7.69. The first-order valence-corrected chi connectivity index (χ1v) is 7.80. The zero-order chi connectivity index (χ0) is 15.9. The van der Waals surface area contributed by atoms with Crippen molar-refractivity contribution in [3.63, 3.8) is 0 Å². The number of rotatable bonds is 6. The van der Waals surface area contributed by atoms with Crippen molar-refractivity contribution >= 4 is 11.6 Å². The summed E-state index contributed by atoms with van der Waals surface area (Å²) in [6.07, 6.45) is 7.40. The predicted molar refractivity (Wildman–Crippen MR) is 87.1 cm³/mol. The monoisotopic (exact) mass is 312 g/mol. The molecule has 1 aliphatic heterocycles. The number of nitrogens with zero attached hydrogens (tertiary/aromatic N) is 2. The summed E-state index contributed by atoms with van der Waals surface area (Å²) < 4.78 is 5.48. The van der Waals surface area contributed by atoms with Crippen molar-refractivity contribution in [1.29, 1.82) is 0 Å². The van der Waals surface area contributed by atoms with Crippen LogP contribution in [0.2, 0.25) is 0 Å². The zero-order valence-corrected chi connectivity index (χ0v) is 12.9. The molecule has 2 aromatic heterocycles. The number of hydrogen-bond donors (Lipinski definition) is 2. The lowest BCUT2D eigenvalue weighted by Gasteiger charge is -2.11. The van der Waals surface area contributed by atoms with Gasteiger partial charge in [0.1, 0.15) is 5.69 Å². The third-order valence-electron chi connectivity index (χ3n) is 3.76. The maximum atomic E-state index is 12.0. The molecule has 0 bridgehead atoms. The average molecular weight is 312 g/mol. The van der Waals surface area contributed by atoms with Gasteiger partial charge in [0.05, 0.1) is 18.0 Å². The van der Waals surface area contributed by atoms with E-state index in [1.807, 2.05) is 18.2 Å². The van der Waals surface area contributed by atoms with E-state index in [0.717, 1.165) is 30.7 Å². The van der Waals surface area contributed by atoms with Gasteiger partial charge in [-0.3, -0.25) is 9.78 Å². The Morgan fingerprint density at radius 3 is 2.83 bits per heavy atom. The number of nitrogens with one attached hydrogen (secondary N) is 2. The van der Waals surface area contributed by atoms with Crippen LogP contribution in [0.15, 0.2) is 42.9 Å². The maximum Gasteiger partial charge on any atom is 0.269 e. The van der Waals surface area contributed by atoms with Crippen molar-refractivity contribution in [2.24, 2.45) is 0 Å². The number of aromatic nitrogens is 2. The van der Waals surface area contributed by atoms with Gasteiger partial charge in [-0.05, 0) is 42.7 Å². The molecule has 1 atom stereocenters. The number of pyridine rings is 2. The highest BCUT2D eigenvalue weighted by Gasteiger charge is 2.16. The molecular weight excluding hydrogens is 292 g/mol. The van der Waals surface area contributed by atoms with Crippen LogP contribution in [0.25, 0.3) is 0 Å². The molecule has 1 saturated heterocycles. The van der Waals surface area contributed by atoms with Crippen LogP contribution in [0.1, 0.15) is 28.9 Å². The second-order valence-electron chi connectivity index (χ2n) is 5.49. The molecule has 23 heavy (non-hydrogen) atoms. The van der Waals surface area contributed by atoms with E-state index in [-0.39, 0.29) is 12.0 Å². The van der Waals surface area contributed by atoms with Gasteiger partial charge in [-0.1, -0.05) is 0 Å². The van der Waals surface area contributed by atoms with Crippen molar-refractivity contribution in [1.82, 2.24) is 15.3 Å². The smallest absolute Gasteiger partial charge is 0.269 e. The van der Waals surface area contributed by atoms with Gasteiger partial charge in [0.15, 0.2) is 0 Å². The normalized spacial score (nSPS) is 17.0. The molecule has 0 saturated carbocycles. The first-order chi connectivity index (χ1) is 11.3. The largest absolute Gasteiger partial charge is 0.380 e. The van der Waals surface area contributed by atoms with Crippen LogP contribution in [-0.4, -0.2) is 35.1 Å². The Morgan fingerprint density at radius 1 is 1.26 bits per heavy atom. The summed E-state index contributed by atoms with van der Waals surface area (Å²) in [7, 11) is 0. The van der Waals surface area contributed by atoms with Gasteiger partial charge in [-0.25, -0.2) is 4.98 Å². The molecule has 1 fully saturated rings. The van der Waals surface area contributed by atoms with E-state index in [1.54, 1.807) is 24.7 Å². The zero-order valence-electron chi connectivity index (χ0n) is 12.9. The lowest BCUT2D eigenvalue weighted by Crippen LogP contribution is -2.32. The fourth-order valence-electron chi connectivity index (χ4n) is 2.44. The van der Waals surface area contributed by atoms with E-state index in [4.69, 9.17) is 4.74 Å². The lowest BCUT2D eigenvalue weighted by atomic mass is 10.2. The molecular formula is C17H20N4O2. The van der Waals surface area contributed by atoms with Crippen LogP contribution < -0.4 is 10.6 Å². The quantitative estimate of drug-likeness (QED) is 0.853. The Hall–Kier alpha value is -2.47. The number of carbonyl (C=O) groups excluding carboxylic acids is 1. The maximum absolute atomic E-state index is 12.0. The Kier molecular flexibility index (Phi) is 5.16. The molecule has 0 aliphatic carbocycles. The summed E-state index contributed by atoms with van der Waals surface area (Å²) in [5.41, 5.74) is 2.42. The van der Waals surface area contributed by atoms with E-state index in [9.17, 15) is 4.79 Å². The van der Waals surface area contributed by atoms with Crippen LogP contribution in [-0.2, 0) is 11.3 Å². The lowest BCUT2D eigenvalue weighted by molar-refractivity contribution is 0.0854. The molecule has 3 rings (SSSR count). The van der Waals surface area contributed by atoms with Gasteiger partial charge in [-0.2, -0.15) is 0 Å². The minimum atomic E-state index is -0.166. The standard InChI is InChI=1S/C17H20N4O2/c22-17(21-12-15-2-1-9-23-15)16-4-3-14(11-20-16)19-10-13-5-7-18-8-6-13/h3-8,11,15,19H,1-2,9-10,12H2,(H,21,22). The average Bonchev–Trinajstić information content (AvgIpc) is 3.13. The van der Waals surface area contributed by atoms with E-state index >= 15 is 0 Å². The van der Waals surface area contributed by atoms with Crippen molar-refractivity contribution in [3.05, 3.63) is 54.1 Å². The van der Waals surface area contributed by atoms with Gasteiger partial charge in [0, 0.05) is 32.1 Å². The van der Waals surface area contributed by atoms with Gasteiger partial charge in [0.2, 0.25) is 0 Å². The van der Waals surface area contributed by atoms with Gasteiger partial charge in [-0.15, -0.1) is 0 Å². The summed E-state index contributed by atoms with van der Waals surface area (Å²) in [5, 5.41) is 6.13. The summed E-state index contributed by atoms with van der Waals surface area (Å²) in [5.74, 6) is -0.166. The highest BCUT2D eigenvalue weighted by atomic mass is 16.5. The highest BCUT2D eigenvalue weighted by molar-refractivity contribution is 5.92. The number of carbonyl (C=O) groups is 1. The molecule has 0 spiro atoms. The topological polar surface area (TPSA) is 76.1 Å². The molecule has 2 N–H and O–H groups in total. The summed E-state index contributed by atoms with van der Waals surface area (Å²) in [4.78, 5) is 20.2. The molecule has 1 aliphatic rings. The van der Waals surface area contributed by atoms with E-state index in [0.29, 0.717) is 18.8 Å². The van der Waals surface area contributed by atoms with E-state index in [2.05, 4.69) is 20.6 Å². The number of amides is 1. The van der Waals surface area contributed by atoms with Crippen LogP contribution in [0.3, 0.4) is 0 Å². The Labute approximate surface area is 135 Å². The van der Waals surface area contributed by atoms with Gasteiger partial charge in [0.25, 0.3) is 5.91 Å². The molecule has 0 radical (unpaired) electrons. The predicted octanol–water partition coefficient (Wildman–Crippen LogP) is 2.00. The molecule has 1 amide bonds. The molecule has 6 heteroatoms. The molecule has 0 aromatic carbocycles. The Balaban J connectivity index is 1.49. The molecule has 3 heterocycles. The Morgan fingerprint density at radius 2 is 2.13 bits per heavy atom. The van der Waals surface area contributed by atoms with Gasteiger partial charge >= 0.3 is 0 Å². The first-order valence-electron chi connectivity index (χ1n) is 7.80. The molecule has 6 nitrogen and oxygen atoms in total. The van der Waals surface area contributed by atoms with Crippen molar-refractivity contribution < 1.29 is 9.53 Å². The van der Waals surface area contributed by atoms with Crippen molar-refractivity contribution in [2.45, 2.75) is 25.5 Å². The number of ether oxygens (including phenoxy) is 1. The fourth-order valence-corrected chi connectivity index (χ4v) is 2.44. The van der Waals surface area contributed by atoms with E-state index < -0.39 is 0 Å².